The largest absolute Gasteiger partial charge is 0.466 e. The molecular weight excluding hydrogens is 242 g/mol. The van der Waals surface area contributed by atoms with Crippen molar-refractivity contribution >= 4 is 5.97 Å². The van der Waals surface area contributed by atoms with E-state index in [1.54, 1.807) is 0 Å². The molecule has 1 aliphatic carbocycles. The smallest absolute Gasteiger partial charge is 0.307 e. The van der Waals surface area contributed by atoms with E-state index < -0.39 is 0 Å². The lowest BCUT2D eigenvalue weighted by atomic mass is 9.74. The average molecular weight is 269 g/mol. The molecule has 0 unspecified atom stereocenters. The van der Waals surface area contributed by atoms with Gasteiger partial charge in [-0.15, -0.1) is 0 Å². The van der Waals surface area contributed by atoms with Crippen LogP contribution in [0, 0.1) is 5.92 Å². The fourth-order valence-corrected chi connectivity index (χ4v) is 3.42. The Morgan fingerprint density at radius 3 is 2.53 bits per heavy atom. The summed E-state index contributed by atoms with van der Waals surface area (Å²) in [6.07, 6.45) is 5.22. The molecule has 0 radical (unpaired) electrons. The molecule has 4 heteroatoms. The predicted molar refractivity (Wildman–Crippen MR) is 74.0 cm³/mol. The van der Waals surface area contributed by atoms with Gasteiger partial charge in [0.05, 0.1) is 26.2 Å². The molecule has 2 fully saturated rings. The van der Waals surface area contributed by atoms with Crippen molar-refractivity contribution in [2.45, 2.75) is 51.5 Å². The van der Waals surface area contributed by atoms with Crippen LogP contribution in [0.25, 0.3) is 0 Å². The molecule has 0 aromatic carbocycles. The van der Waals surface area contributed by atoms with E-state index in [0.29, 0.717) is 13.0 Å². The molecule has 2 aliphatic rings. The molecule has 1 saturated heterocycles. The number of carbonyl (C=O) groups is 1. The van der Waals surface area contributed by atoms with Crippen LogP contribution in [-0.2, 0) is 14.3 Å². The third-order valence-electron chi connectivity index (χ3n) is 4.67. The molecule has 4 nitrogen and oxygen atoms in total. The summed E-state index contributed by atoms with van der Waals surface area (Å²) in [6.45, 7) is 8.16. The van der Waals surface area contributed by atoms with Crippen molar-refractivity contribution in [3.05, 3.63) is 0 Å². The van der Waals surface area contributed by atoms with Gasteiger partial charge in [0.25, 0.3) is 0 Å². The lowest BCUT2D eigenvalue weighted by Gasteiger charge is -2.48. The summed E-state index contributed by atoms with van der Waals surface area (Å²) in [5.74, 6) is 0.750. The van der Waals surface area contributed by atoms with Gasteiger partial charge >= 0.3 is 5.97 Å². The summed E-state index contributed by atoms with van der Waals surface area (Å²) in [5.41, 5.74) is 0.0303. The van der Waals surface area contributed by atoms with E-state index in [2.05, 4.69) is 11.8 Å². The van der Waals surface area contributed by atoms with Gasteiger partial charge in [0.2, 0.25) is 0 Å². The number of carbonyl (C=O) groups excluding carboxylic acids is 1. The van der Waals surface area contributed by atoms with Crippen molar-refractivity contribution in [1.29, 1.82) is 0 Å². The van der Waals surface area contributed by atoms with Crippen LogP contribution < -0.4 is 0 Å². The fraction of sp³-hybridized carbons (Fsp3) is 0.933. The highest BCUT2D eigenvalue weighted by Gasteiger charge is 2.42. The Labute approximate surface area is 116 Å². The fourth-order valence-electron chi connectivity index (χ4n) is 3.42. The Morgan fingerprint density at radius 1 is 1.32 bits per heavy atom. The summed E-state index contributed by atoms with van der Waals surface area (Å²) in [4.78, 5) is 14.4. The van der Waals surface area contributed by atoms with Crippen LogP contribution in [-0.4, -0.2) is 49.3 Å². The molecule has 19 heavy (non-hydrogen) atoms. The SMILES string of the molecule is CCOC(=O)CC1(N2CCOCC2)CCC(C)CC1. The first kappa shape index (κ1) is 14.8. The van der Waals surface area contributed by atoms with Gasteiger partial charge in [0.15, 0.2) is 0 Å². The van der Waals surface area contributed by atoms with Crippen molar-refractivity contribution in [3.8, 4) is 0 Å². The highest BCUT2D eigenvalue weighted by atomic mass is 16.5. The summed E-state index contributed by atoms with van der Waals surface area (Å²) < 4.78 is 10.6. The van der Waals surface area contributed by atoms with Crippen LogP contribution >= 0.6 is 0 Å². The van der Waals surface area contributed by atoms with Crippen LogP contribution in [0.1, 0.15) is 46.0 Å². The first-order valence-electron chi connectivity index (χ1n) is 7.65. The number of ether oxygens (including phenoxy) is 2. The van der Waals surface area contributed by atoms with Crippen LogP contribution in [0.2, 0.25) is 0 Å². The molecule has 0 bridgehead atoms. The maximum atomic E-state index is 12.0. The average Bonchev–Trinajstić information content (AvgIpc) is 2.43. The zero-order chi connectivity index (χ0) is 13.7. The Morgan fingerprint density at radius 2 is 1.95 bits per heavy atom. The molecule has 1 heterocycles. The van der Waals surface area contributed by atoms with Gasteiger partial charge in [-0.1, -0.05) is 6.92 Å². The van der Waals surface area contributed by atoms with Gasteiger partial charge in [-0.05, 0) is 38.5 Å². The zero-order valence-electron chi connectivity index (χ0n) is 12.3. The number of hydrogen-bond donors (Lipinski definition) is 0. The Hall–Kier alpha value is -0.610. The molecule has 0 spiro atoms. The number of nitrogens with zero attached hydrogens (tertiary/aromatic N) is 1. The maximum Gasteiger partial charge on any atom is 0.307 e. The van der Waals surface area contributed by atoms with Crippen LogP contribution in [0.4, 0.5) is 0 Å². The summed E-state index contributed by atoms with van der Waals surface area (Å²) >= 11 is 0. The third kappa shape index (κ3) is 3.69. The van der Waals surface area contributed by atoms with Gasteiger partial charge in [0.1, 0.15) is 0 Å². The van der Waals surface area contributed by atoms with Crippen LogP contribution in [0.3, 0.4) is 0 Å². The maximum absolute atomic E-state index is 12.0. The summed E-state index contributed by atoms with van der Waals surface area (Å²) in [5, 5.41) is 0. The van der Waals surface area contributed by atoms with Crippen molar-refractivity contribution in [2.24, 2.45) is 5.92 Å². The number of hydrogen-bond acceptors (Lipinski definition) is 4. The van der Waals surface area contributed by atoms with Crippen molar-refractivity contribution in [1.82, 2.24) is 4.90 Å². The highest BCUT2D eigenvalue weighted by molar-refractivity contribution is 5.71. The zero-order valence-corrected chi connectivity index (χ0v) is 12.3. The van der Waals surface area contributed by atoms with Crippen molar-refractivity contribution in [2.75, 3.05) is 32.9 Å². The summed E-state index contributed by atoms with van der Waals surface area (Å²) in [7, 11) is 0. The predicted octanol–water partition coefficient (Wildman–Crippen LogP) is 2.22. The molecule has 2 rings (SSSR count). The molecule has 0 aromatic heterocycles. The van der Waals surface area contributed by atoms with Gasteiger partial charge in [-0.25, -0.2) is 0 Å². The minimum absolute atomic E-state index is 0.0303. The quantitative estimate of drug-likeness (QED) is 0.734. The Balaban J connectivity index is 2.05. The van der Waals surface area contributed by atoms with Gasteiger partial charge < -0.3 is 9.47 Å². The van der Waals surface area contributed by atoms with E-state index in [9.17, 15) is 4.79 Å². The van der Waals surface area contributed by atoms with Gasteiger partial charge in [-0.3, -0.25) is 9.69 Å². The standard InChI is InChI=1S/C15H27NO3/c1-3-19-14(17)12-15(6-4-13(2)5-7-15)16-8-10-18-11-9-16/h13H,3-12H2,1-2H3. The number of esters is 1. The van der Waals surface area contributed by atoms with E-state index >= 15 is 0 Å². The van der Waals surface area contributed by atoms with E-state index in [1.807, 2.05) is 6.92 Å². The monoisotopic (exact) mass is 269 g/mol. The van der Waals surface area contributed by atoms with Gasteiger partial charge in [0, 0.05) is 18.6 Å². The molecule has 1 saturated carbocycles. The summed E-state index contributed by atoms with van der Waals surface area (Å²) in [6, 6.07) is 0. The second-order valence-electron chi connectivity index (χ2n) is 5.99. The van der Waals surface area contributed by atoms with Gasteiger partial charge in [-0.2, -0.15) is 0 Å². The molecule has 0 N–H and O–H groups in total. The van der Waals surface area contributed by atoms with Crippen LogP contribution in [0.5, 0.6) is 0 Å². The lowest BCUT2D eigenvalue weighted by molar-refractivity contribution is -0.149. The topological polar surface area (TPSA) is 38.8 Å². The molecule has 110 valence electrons. The van der Waals surface area contributed by atoms with E-state index in [1.165, 1.54) is 12.8 Å². The van der Waals surface area contributed by atoms with Crippen LogP contribution in [0.15, 0.2) is 0 Å². The first-order valence-corrected chi connectivity index (χ1v) is 7.65. The Bertz CT molecular complexity index is 292. The lowest BCUT2D eigenvalue weighted by Crippen LogP contribution is -2.56. The molecular formula is C15H27NO3. The first-order chi connectivity index (χ1) is 9.16. The molecule has 0 aromatic rings. The normalized spacial score (nSPS) is 33.1. The second kappa shape index (κ2) is 6.71. The van der Waals surface area contributed by atoms with Crippen molar-refractivity contribution < 1.29 is 14.3 Å². The second-order valence-corrected chi connectivity index (χ2v) is 5.99. The minimum Gasteiger partial charge on any atom is -0.466 e. The Kier molecular flexibility index (Phi) is 5.22. The molecule has 0 amide bonds. The molecule has 0 atom stereocenters. The number of morpholine rings is 1. The minimum atomic E-state index is -0.0384. The molecule has 1 aliphatic heterocycles. The number of rotatable bonds is 4. The third-order valence-corrected chi connectivity index (χ3v) is 4.67. The van der Waals surface area contributed by atoms with Crippen molar-refractivity contribution in [3.63, 3.8) is 0 Å². The van der Waals surface area contributed by atoms with E-state index in [-0.39, 0.29) is 11.5 Å². The van der Waals surface area contributed by atoms with E-state index in [0.717, 1.165) is 45.1 Å². The van der Waals surface area contributed by atoms with E-state index in [4.69, 9.17) is 9.47 Å². The highest BCUT2D eigenvalue weighted by Crippen LogP contribution is 2.39.